The Labute approximate surface area is 199 Å². The fourth-order valence-electron chi connectivity index (χ4n) is 5.26. The van der Waals surface area contributed by atoms with Gasteiger partial charge in [-0.1, -0.05) is 88.5 Å². The van der Waals surface area contributed by atoms with Gasteiger partial charge in [-0.3, -0.25) is 0 Å². The minimum Gasteiger partial charge on any atom is -0.489 e. The molecule has 0 saturated carbocycles. The number of nitrogens with zero attached hydrogens (tertiary/aromatic N) is 1. The summed E-state index contributed by atoms with van der Waals surface area (Å²) in [5.41, 5.74) is 5.79. The van der Waals surface area contributed by atoms with E-state index in [0.29, 0.717) is 12.1 Å². The van der Waals surface area contributed by atoms with Gasteiger partial charge in [-0.15, -0.1) is 0 Å². The maximum atomic E-state index is 6.73. The number of ether oxygens (including phenoxy) is 1. The average molecular weight is 466 g/mol. The largest absolute Gasteiger partial charge is 0.489 e. The van der Waals surface area contributed by atoms with E-state index in [4.69, 9.17) is 16.3 Å². The standard InChI is InChI=1S/C28H36ClNOSi/c1-7-16-31-27-23(28(2,3)4)17-20(29)18-26(27)32(5,6)25-19-24(30-14-10-11-15-30)21-12-8-9-13-22(21)25/h7-9,12-13,17-19,25H,1,10-11,14-16H2,2-6H3. The molecule has 1 aliphatic carbocycles. The first-order chi connectivity index (χ1) is 15.1. The molecule has 1 aliphatic heterocycles. The van der Waals surface area contributed by atoms with Crippen LogP contribution in [0, 0.1) is 0 Å². The summed E-state index contributed by atoms with van der Waals surface area (Å²) in [7, 11) is -2.07. The van der Waals surface area contributed by atoms with Gasteiger partial charge in [0.25, 0.3) is 0 Å². The Hall–Kier alpha value is -1.97. The normalized spacial score (nSPS) is 18.5. The van der Waals surface area contributed by atoms with Crippen LogP contribution >= 0.6 is 11.6 Å². The Morgan fingerprint density at radius 3 is 2.50 bits per heavy atom. The molecule has 1 saturated heterocycles. The van der Waals surface area contributed by atoms with Crippen molar-refractivity contribution < 1.29 is 4.74 Å². The van der Waals surface area contributed by atoms with E-state index in [-0.39, 0.29) is 5.41 Å². The molecule has 170 valence electrons. The first-order valence-electron chi connectivity index (χ1n) is 11.8. The SMILES string of the molecule is C=CCOc1c(C(C)(C)C)cc(Cl)cc1[Si](C)(C)C1C=C(N2CCCC2)c2ccccc21. The van der Waals surface area contributed by atoms with Gasteiger partial charge in [-0.2, -0.15) is 0 Å². The Morgan fingerprint density at radius 1 is 1.16 bits per heavy atom. The highest BCUT2D eigenvalue weighted by atomic mass is 35.5. The van der Waals surface area contributed by atoms with Crippen LogP contribution in [0.5, 0.6) is 5.75 Å². The molecule has 0 radical (unpaired) electrons. The van der Waals surface area contributed by atoms with E-state index in [1.54, 1.807) is 0 Å². The van der Waals surface area contributed by atoms with Crippen molar-refractivity contribution >= 4 is 30.6 Å². The summed E-state index contributed by atoms with van der Waals surface area (Å²) in [6.45, 7) is 18.3. The molecule has 0 amide bonds. The summed E-state index contributed by atoms with van der Waals surface area (Å²) < 4.78 is 6.39. The van der Waals surface area contributed by atoms with Crippen molar-refractivity contribution in [1.82, 2.24) is 4.90 Å². The first kappa shape index (κ1) is 23.2. The number of halogens is 1. The third-order valence-electron chi connectivity index (χ3n) is 7.02. The lowest BCUT2D eigenvalue weighted by Crippen LogP contribution is -2.48. The Morgan fingerprint density at radius 2 is 1.84 bits per heavy atom. The van der Waals surface area contributed by atoms with Crippen LogP contribution in [0.25, 0.3) is 5.70 Å². The molecule has 4 rings (SSSR count). The summed E-state index contributed by atoms with van der Waals surface area (Å²) in [4.78, 5) is 2.58. The van der Waals surface area contributed by atoms with Gasteiger partial charge in [-0.25, -0.2) is 0 Å². The average Bonchev–Trinajstić information content (AvgIpc) is 3.39. The molecule has 1 unspecified atom stereocenters. The van der Waals surface area contributed by atoms with Crippen LogP contribution in [0.3, 0.4) is 0 Å². The third kappa shape index (κ3) is 4.17. The lowest BCUT2D eigenvalue weighted by molar-refractivity contribution is 0.354. The molecule has 4 heteroatoms. The van der Waals surface area contributed by atoms with Crippen LogP contribution in [0.15, 0.2) is 55.1 Å². The van der Waals surface area contributed by atoms with Crippen molar-refractivity contribution in [3.8, 4) is 5.75 Å². The molecular formula is C28H36ClNOSi. The monoisotopic (exact) mass is 465 g/mol. The van der Waals surface area contributed by atoms with Gasteiger partial charge in [0.05, 0.1) is 8.07 Å². The van der Waals surface area contributed by atoms with Gasteiger partial charge >= 0.3 is 0 Å². The molecule has 0 aromatic heterocycles. The number of benzene rings is 2. The predicted octanol–water partition coefficient (Wildman–Crippen LogP) is 6.89. The Balaban J connectivity index is 1.88. The molecule has 2 aromatic rings. The van der Waals surface area contributed by atoms with E-state index in [2.05, 4.69) is 87.8 Å². The molecule has 32 heavy (non-hydrogen) atoms. The topological polar surface area (TPSA) is 12.5 Å². The van der Waals surface area contributed by atoms with Crippen molar-refractivity contribution in [3.63, 3.8) is 0 Å². The number of rotatable bonds is 6. The quantitative estimate of drug-likeness (QED) is 0.340. The van der Waals surface area contributed by atoms with Crippen molar-refractivity contribution in [2.45, 2.75) is 57.7 Å². The van der Waals surface area contributed by atoms with Gasteiger partial charge in [0.1, 0.15) is 12.4 Å². The maximum absolute atomic E-state index is 6.73. The summed E-state index contributed by atoms with van der Waals surface area (Å²) in [6.07, 6.45) is 6.95. The molecule has 1 heterocycles. The second-order valence-electron chi connectivity index (χ2n) is 10.7. The zero-order valence-corrected chi connectivity index (χ0v) is 21.9. The van der Waals surface area contributed by atoms with Crippen LogP contribution in [-0.4, -0.2) is 32.7 Å². The Kier molecular flexibility index (Phi) is 6.35. The summed E-state index contributed by atoms with van der Waals surface area (Å²) in [6, 6.07) is 13.2. The van der Waals surface area contributed by atoms with Gasteiger partial charge < -0.3 is 9.64 Å². The first-order valence-corrected chi connectivity index (χ1v) is 15.2. The zero-order chi connectivity index (χ0) is 23.1. The highest BCUT2D eigenvalue weighted by Crippen LogP contribution is 2.45. The molecule has 2 aromatic carbocycles. The predicted molar refractivity (Wildman–Crippen MR) is 141 cm³/mol. The molecule has 1 atom stereocenters. The van der Waals surface area contributed by atoms with Crippen LogP contribution in [0.1, 0.15) is 55.8 Å². The molecule has 0 bridgehead atoms. The zero-order valence-electron chi connectivity index (χ0n) is 20.2. The van der Waals surface area contributed by atoms with E-state index in [1.165, 1.54) is 40.4 Å². The highest BCUT2D eigenvalue weighted by Gasteiger charge is 2.42. The third-order valence-corrected chi connectivity index (χ3v) is 11.0. The second kappa shape index (κ2) is 8.76. The van der Waals surface area contributed by atoms with E-state index < -0.39 is 8.07 Å². The molecule has 2 aliphatic rings. The molecule has 2 nitrogen and oxygen atoms in total. The highest BCUT2D eigenvalue weighted by molar-refractivity contribution is 6.92. The Bertz CT molecular complexity index is 1040. The number of allylic oxidation sites excluding steroid dienone is 1. The number of fused-ring (bicyclic) bond motifs is 1. The maximum Gasteiger partial charge on any atom is 0.122 e. The molecular weight excluding hydrogens is 430 g/mol. The minimum atomic E-state index is -2.07. The summed E-state index contributed by atoms with van der Waals surface area (Å²) in [5.74, 6) is 1.01. The van der Waals surface area contributed by atoms with E-state index in [0.717, 1.165) is 23.9 Å². The van der Waals surface area contributed by atoms with Gasteiger partial charge in [0, 0.05) is 40.5 Å². The smallest absolute Gasteiger partial charge is 0.122 e. The van der Waals surface area contributed by atoms with Crippen LogP contribution < -0.4 is 9.92 Å². The van der Waals surface area contributed by atoms with Crippen LogP contribution in [-0.2, 0) is 5.41 Å². The van der Waals surface area contributed by atoms with E-state index >= 15 is 0 Å². The fourth-order valence-corrected chi connectivity index (χ4v) is 8.83. The fraction of sp³-hybridized carbons (Fsp3) is 0.429. The minimum absolute atomic E-state index is 0.0647. The van der Waals surface area contributed by atoms with E-state index in [1.807, 2.05) is 6.08 Å². The molecule has 1 fully saturated rings. The summed E-state index contributed by atoms with van der Waals surface area (Å²) in [5, 5.41) is 2.10. The van der Waals surface area contributed by atoms with Crippen LogP contribution in [0.2, 0.25) is 18.1 Å². The summed E-state index contributed by atoms with van der Waals surface area (Å²) >= 11 is 6.73. The molecule has 0 N–H and O–H groups in total. The van der Waals surface area contributed by atoms with Crippen LogP contribution in [0.4, 0.5) is 0 Å². The number of hydrogen-bond donors (Lipinski definition) is 0. The van der Waals surface area contributed by atoms with Gasteiger partial charge in [0.2, 0.25) is 0 Å². The second-order valence-corrected chi connectivity index (χ2v) is 15.8. The van der Waals surface area contributed by atoms with Crippen molar-refractivity contribution in [2.24, 2.45) is 0 Å². The van der Waals surface area contributed by atoms with E-state index in [9.17, 15) is 0 Å². The lowest BCUT2D eigenvalue weighted by atomic mass is 9.86. The van der Waals surface area contributed by atoms with Crippen molar-refractivity contribution in [1.29, 1.82) is 0 Å². The molecule has 0 spiro atoms. The van der Waals surface area contributed by atoms with Gasteiger partial charge in [0.15, 0.2) is 0 Å². The van der Waals surface area contributed by atoms with Crippen molar-refractivity contribution in [3.05, 3.63) is 76.8 Å². The van der Waals surface area contributed by atoms with Gasteiger partial charge in [-0.05, 0) is 41.1 Å². The number of likely N-dealkylation sites (tertiary alicyclic amines) is 1. The van der Waals surface area contributed by atoms with Crippen molar-refractivity contribution in [2.75, 3.05) is 19.7 Å². The lowest BCUT2D eigenvalue weighted by Gasteiger charge is -2.34. The number of hydrogen-bond acceptors (Lipinski definition) is 2.